The Morgan fingerprint density at radius 1 is 1.33 bits per heavy atom. The molecule has 0 saturated heterocycles. The van der Waals surface area contributed by atoms with Gasteiger partial charge in [-0.2, -0.15) is 0 Å². The first kappa shape index (κ1) is 13.8. The Morgan fingerprint density at radius 2 is 2.14 bits per heavy atom. The maximum Gasteiger partial charge on any atom is 0.315 e. The van der Waals surface area contributed by atoms with Crippen molar-refractivity contribution in [1.82, 2.24) is 0 Å². The summed E-state index contributed by atoms with van der Waals surface area (Å²) >= 11 is 5.95. The number of carbonyl (C=O) groups is 1. The van der Waals surface area contributed by atoms with Crippen LogP contribution in [0.25, 0.3) is 0 Å². The van der Waals surface area contributed by atoms with Crippen molar-refractivity contribution >= 4 is 29.0 Å². The van der Waals surface area contributed by atoms with E-state index in [2.05, 4.69) is 4.99 Å². The summed E-state index contributed by atoms with van der Waals surface area (Å²) in [6.45, 7) is 1.90. The molecule has 0 amide bonds. The predicted octanol–water partition coefficient (Wildman–Crippen LogP) is 4.27. The van der Waals surface area contributed by atoms with Gasteiger partial charge in [0.2, 0.25) is 0 Å². The molecule has 21 heavy (non-hydrogen) atoms. The minimum absolute atomic E-state index is 0.229. The summed E-state index contributed by atoms with van der Waals surface area (Å²) in [5, 5.41) is 0.229. The predicted molar refractivity (Wildman–Crippen MR) is 79.1 cm³/mol. The third kappa shape index (κ3) is 2.81. The van der Waals surface area contributed by atoms with Gasteiger partial charge in [0.25, 0.3) is 0 Å². The molecule has 1 aromatic rings. The molecule has 5 heteroatoms. The number of allylic oxidation sites excluding steroid dienone is 3. The van der Waals surface area contributed by atoms with E-state index in [0.29, 0.717) is 23.6 Å². The molecule has 0 aromatic heterocycles. The highest BCUT2D eigenvalue weighted by atomic mass is 35.5. The van der Waals surface area contributed by atoms with E-state index in [1.54, 1.807) is 12.2 Å². The molecule has 0 radical (unpaired) electrons. The fraction of sp³-hybridized carbons (Fsp3) is 0.125. The molecule has 1 aliphatic heterocycles. The van der Waals surface area contributed by atoms with Crippen LogP contribution in [0.2, 0.25) is 5.02 Å². The van der Waals surface area contributed by atoms with Crippen LogP contribution in [0.5, 0.6) is 0 Å². The summed E-state index contributed by atoms with van der Waals surface area (Å²) in [6, 6.07) is 4.00. The molecule has 0 spiro atoms. The molecule has 0 atom stereocenters. The largest absolute Gasteiger partial charge is 0.426 e. The number of hydrogen-bond donors (Lipinski definition) is 0. The van der Waals surface area contributed by atoms with Crippen molar-refractivity contribution in [1.29, 1.82) is 0 Å². The second-order valence-electron chi connectivity index (χ2n) is 4.82. The zero-order valence-corrected chi connectivity index (χ0v) is 11.9. The van der Waals surface area contributed by atoms with E-state index < -0.39 is 5.82 Å². The number of halogens is 2. The molecule has 0 fully saturated rings. The Labute approximate surface area is 126 Å². The lowest BCUT2D eigenvalue weighted by Gasteiger charge is -2.20. The van der Waals surface area contributed by atoms with Crippen LogP contribution in [0, 0.1) is 5.82 Å². The van der Waals surface area contributed by atoms with Crippen molar-refractivity contribution in [3.05, 3.63) is 64.2 Å². The first-order chi connectivity index (χ1) is 10.0. The maximum absolute atomic E-state index is 13.0. The normalized spacial score (nSPS) is 19.5. The zero-order valence-electron chi connectivity index (χ0n) is 11.2. The Balaban J connectivity index is 1.99. The summed E-state index contributed by atoms with van der Waals surface area (Å²) in [7, 11) is 0. The second kappa shape index (κ2) is 5.30. The molecule has 106 valence electrons. The summed E-state index contributed by atoms with van der Waals surface area (Å²) in [4.78, 5) is 15.8. The van der Waals surface area contributed by atoms with E-state index in [0.717, 1.165) is 11.1 Å². The van der Waals surface area contributed by atoms with Gasteiger partial charge in [0.05, 0.1) is 22.8 Å². The van der Waals surface area contributed by atoms with Gasteiger partial charge < -0.3 is 4.74 Å². The van der Waals surface area contributed by atoms with Gasteiger partial charge in [0.1, 0.15) is 11.6 Å². The Morgan fingerprint density at radius 3 is 2.90 bits per heavy atom. The van der Waals surface area contributed by atoms with Crippen molar-refractivity contribution in [2.45, 2.75) is 13.3 Å². The molecule has 1 aliphatic carbocycles. The van der Waals surface area contributed by atoms with E-state index in [1.807, 2.05) is 13.0 Å². The first-order valence-corrected chi connectivity index (χ1v) is 6.75. The van der Waals surface area contributed by atoms with Crippen molar-refractivity contribution in [2.75, 3.05) is 0 Å². The topological polar surface area (TPSA) is 38.7 Å². The van der Waals surface area contributed by atoms with E-state index in [-0.39, 0.29) is 11.0 Å². The van der Waals surface area contributed by atoms with Crippen LogP contribution < -0.4 is 0 Å². The molecular weight excluding hydrogens is 293 g/mol. The fourth-order valence-corrected chi connectivity index (χ4v) is 2.41. The number of rotatable bonds is 1. The Kier molecular flexibility index (Phi) is 3.47. The summed E-state index contributed by atoms with van der Waals surface area (Å²) in [5.41, 5.74) is 2.91. The van der Waals surface area contributed by atoms with Crippen LogP contribution in [-0.4, -0.2) is 11.7 Å². The minimum atomic E-state index is -0.413. The quantitative estimate of drug-likeness (QED) is 0.727. The van der Waals surface area contributed by atoms with Crippen LogP contribution >= 0.6 is 11.6 Å². The van der Waals surface area contributed by atoms with Gasteiger partial charge in [-0.25, -0.2) is 9.38 Å². The maximum atomic E-state index is 13.0. The fourth-order valence-electron chi connectivity index (χ4n) is 2.20. The van der Waals surface area contributed by atoms with Crippen molar-refractivity contribution < 1.29 is 13.9 Å². The lowest BCUT2D eigenvalue weighted by Crippen LogP contribution is -2.16. The average molecular weight is 304 g/mol. The highest BCUT2D eigenvalue weighted by molar-refractivity contribution is 6.33. The first-order valence-electron chi connectivity index (χ1n) is 6.37. The SMILES string of the molecule is CC1=C2C=CC(=Nc3ccc(F)cc3Cl)C=C2OC(=O)C1. The van der Waals surface area contributed by atoms with Crippen molar-refractivity contribution in [3.63, 3.8) is 0 Å². The molecule has 0 saturated carbocycles. The van der Waals surface area contributed by atoms with Gasteiger partial charge in [0, 0.05) is 11.6 Å². The summed E-state index contributed by atoms with van der Waals surface area (Å²) in [5.74, 6) is -0.205. The zero-order chi connectivity index (χ0) is 15.0. The number of esters is 1. The molecule has 1 heterocycles. The second-order valence-corrected chi connectivity index (χ2v) is 5.23. The van der Waals surface area contributed by atoms with Gasteiger partial charge >= 0.3 is 5.97 Å². The monoisotopic (exact) mass is 303 g/mol. The average Bonchev–Trinajstić information content (AvgIpc) is 2.41. The minimum Gasteiger partial charge on any atom is -0.426 e. The number of fused-ring (bicyclic) bond motifs is 1. The number of ether oxygens (including phenoxy) is 1. The molecule has 2 aliphatic rings. The molecule has 0 N–H and O–H groups in total. The lowest BCUT2D eigenvalue weighted by molar-refractivity contribution is -0.138. The number of carbonyl (C=O) groups excluding carboxylic acids is 1. The van der Waals surface area contributed by atoms with Gasteiger partial charge in [0.15, 0.2) is 0 Å². The molecule has 3 rings (SSSR count). The number of hydrogen-bond acceptors (Lipinski definition) is 3. The Bertz CT molecular complexity index is 760. The van der Waals surface area contributed by atoms with Crippen molar-refractivity contribution in [3.8, 4) is 0 Å². The van der Waals surface area contributed by atoms with Gasteiger partial charge in [-0.3, -0.25) is 4.79 Å². The molecule has 0 unspecified atom stereocenters. The number of aliphatic imine (C=N–C) groups is 1. The Hall–Kier alpha value is -2.20. The van der Waals surface area contributed by atoms with E-state index >= 15 is 0 Å². The highest BCUT2D eigenvalue weighted by Gasteiger charge is 2.22. The van der Waals surface area contributed by atoms with Gasteiger partial charge in [-0.1, -0.05) is 17.2 Å². The molecule has 0 bridgehead atoms. The summed E-state index contributed by atoms with van der Waals surface area (Å²) < 4.78 is 18.2. The lowest BCUT2D eigenvalue weighted by atomic mass is 9.97. The van der Waals surface area contributed by atoms with Crippen LogP contribution in [0.15, 0.2) is 58.3 Å². The van der Waals surface area contributed by atoms with Crippen LogP contribution in [-0.2, 0) is 9.53 Å². The van der Waals surface area contributed by atoms with E-state index in [4.69, 9.17) is 16.3 Å². The van der Waals surface area contributed by atoms with Crippen LogP contribution in [0.3, 0.4) is 0 Å². The standard InChI is InChI=1S/C16H11ClFNO2/c1-9-6-16(20)21-15-8-11(3-4-12(9)15)19-14-5-2-10(18)7-13(14)17/h2-5,7-8H,6H2,1H3. The van der Waals surface area contributed by atoms with Crippen LogP contribution in [0.4, 0.5) is 10.1 Å². The molecule has 1 aromatic carbocycles. The number of nitrogens with zero attached hydrogens (tertiary/aromatic N) is 1. The van der Waals surface area contributed by atoms with Gasteiger partial charge in [-0.05, 0) is 37.3 Å². The van der Waals surface area contributed by atoms with Gasteiger partial charge in [-0.15, -0.1) is 0 Å². The summed E-state index contributed by atoms with van der Waals surface area (Å²) in [6.07, 6.45) is 5.64. The van der Waals surface area contributed by atoms with E-state index in [9.17, 15) is 9.18 Å². The van der Waals surface area contributed by atoms with E-state index in [1.165, 1.54) is 18.2 Å². The molecular formula is C16H11ClFNO2. The number of benzene rings is 1. The third-order valence-electron chi connectivity index (χ3n) is 3.22. The molecule has 3 nitrogen and oxygen atoms in total. The van der Waals surface area contributed by atoms with Crippen molar-refractivity contribution in [2.24, 2.45) is 4.99 Å². The smallest absolute Gasteiger partial charge is 0.315 e. The highest BCUT2D eigenvalue weighted by Crippen LogP contribution is 2.30. The third-order valence-corrected chi connectivity index (χ3v) is 3.52. The van der Waals surface area contributed by atoms with Crippen LogP contribution in [0.1, 0.15) is 13.3 Å².